The van der Waals surface area contributed by atoms with Gasteiger partial charge in [-0.25, -0.2) is 0 Å². The zero-order chi connectivity index (χ0) is 14.8. The number of rotatable bonds is 4. The largest absolute Gasteiger partial charge is 0.339 e. The van der Waals surface area contributed by atoms with Crippen LogP contribution in [0.15, 0.2) is 28.8 Å². The number of carbonyl (C=O) groups excluding carboxylic acids is 1. The molecule has 1 saturated heterocycles. The molecule has 1 aromatic heterocycles. The molecule has 0 saturated carbocycles. The second kappa shape index (κ2) is 5.65. The first-order valence-electron chi connectivity index (χ1n) is 6.99. The minimum atomic E-state index is -0.000914. The predicted molar refractivity (Wildman–Crippen MR) is 78.0 cm³/mol. The number of hydrogen-bond acceptors (Lipinski definition) is 5. The Morgan fingerprint density at radius 2 is 2.05 bits per heavy atom. The Kier molecular flexibility index (Phi) is 3.70. The van der Waals surface area contributed by atoms with Crippen LogP contribution in [0.1, 0.15) is 23.2 Å². The van der Waals surface area contributed by atoms with E-state index in [1.807, 2.05) is 31.2 Å². The Bertz CT molecular complexity index is 629. The Balaban J connectivity index is 1.46. The zero-order valence-corrected chi connectivity index (χ0v) is 12.2. The van der Waals surface area contributed by atoms with Crippen LogP contribution in [-0.2, 0) is 4.79 Å². The number of aromatic nitrogens is 2. The van der Waals surface area contributed by atoms with Crippen LogP contribution in [-0.4, -0.2) is 40.6 Å². The van der Waals surface area contributed by atoms with E-state index in [1.165, 1.54) is 5.56 Å². The van der Waals surface area contributed by atoms with Crippen molar-refractivity contribution in [3.05, 3.63) is 41.5 Å². The van der Waals surface area contributed by atoms with Crippen molar-refractivity contribution in [2.24, 2.45) is 0 Å². The monoisotopic (exact) mass is 286 g/mol. The van der Waals surface area contributed by atoms with Crippen LogP contribution >= 0.6 is 0 Å². The molecule has 0 radical (unpaired) electrons. The highest BCUT2D eigenvalue weighted by Crippen LogP contribution is 2.25. The zero-order valence-electron chi connectivity index (χ0n) is 12.2. The SMILES string of the molecule is Cc1ccc(NC(=O)CN2CC(c3nc(C)no3)C2)cc1. The molecule has 6 heteroatoms. The summed E-state index contributed by atoms with van der Waals surface area (Å²) in [5, 5.41) is 6.68. The Hall–Kier alpha value is -2.21. The highest BCUT2D eigenvalue weighted by Gasteiger charge is 2.33. The lowest BCUT2D eigenvalue weighted by Gasteiger charge is -2.36. The van der Waals surface area contributed by atoms with Gasteiger partial charge in [-0.15, -0.1) is 0 Å². The van der Waals surface area contributed by atoms with Gasteiger partial charge in [0.1, 0.15) is 0 Å². The number of aryl methyl sites for hydroxylation is 2. The maximum atomic E-state index is 11.9. The van der Waals surface area contributed by atoms with Crippen molar-refractivity contribution < 1.29 is 9.32 Å². The van der Waals surface area contributed by atoms with Crippen molar-refractivity contribution in [2.75, 3.05) is 25.0 Å². The van der Waals surface area contributed by atoms with E-state index >= 15 is 0 Å². The van der Waals surface area contributed by atoms with Gasteiger partial charge in [0.15, 0.2) is 5.82 Å². The van der Waals surface area contributed by atoms with Crippen LogP contribution in [0.5, 0.6) is 0 Å². The van der Waals surface area contributed by atoms with Gasteiger partial charge in [-0.2, -0.15) is 4.98 Å². The van der Waals surface area contributed by atoms with Crippen molar-refractivity contribution in [2.45, 2.75) is 19.8 Å². The highest BCUT2D eigenvalue weighted by atomic mass is 16.5. The van der Waals surface area contributed by atoms with E-state index in [0.717, 1.165) is 18.8 Å². The van der Waals surface area contributed by atoms with Crippen LogP contribution in [0.25, 0.3) is 0 Å². The lowest BCUT2D eigenvalue weighted by Crippen LogP contribution is -2.48. The van der Waals surface area contributed by atoms with Gasteiger partial charge in [-0.1, -0.05) is 22.9 Å². The van der Waals surface area contributed by atoms with Crippen LogP contribution in [0.2, 0.25) is 0 Å². The summed E-state index contributed by atoms with van der Waals surface area (Å²) in [4.78, 5) is 18.2. The van der Waals surface area contributed by atoms with E-state index in [1.54, 1.807) is 6.92 Å². The Labute approximate surface area is 123 Å². The molecule has 2 heterocycles. The van der Waals surface area contributed by atoms with E-state index in [4.69, 9.17) is 4.52 Å². The highest BCUT2D eigenvalue weighted by molar-refractivity contribution is 5.92. The number of amides is 1. The predicted octanol–water partition coefficient (Wildman–Crippen LogP) is 1.72. The molecular formula is C15H18N4O2. The third kappa shape index (κ3) is 3.28. The first-order valence-corrected chi connectivity index (χ1v) is 6.99. The topological polar surface area (TPSA) is 71.3 Å². The van der Waals surface area contributed by atoms with Crippen LogP contribution in [0.3, 0.4) is 0 Å². The molecule has 0 spiro atoms. The molecule has 6 nitrogen and oxygen atoms in total. The molecular weight excluding hydrogens is 268 g/mol. The summed E-state index contributed by atoms with van der Waals surface area (Å²) in [5.41, 5.74) is 2.00. The normalized spacial score (nSPS) is 15.7. The maximum Gasteiger partial charge on any atom is 0.238 e. The van der Waals surface area contributed by atoms with Gasteiger partial charge in [-0.05, 0) is 26.0 Å². The van der Waals surface area contributed by atoms with Gasteiger partial charge >= 0.3 is 0 Å². The number of nitrogens with one attached hydrogen (secondary N) is 1. The number of likely N-dealkylation sites (tertiary alicyclic amines) is 1. The summed E-state index contributed by atoms with van der Waals surface area (Å²) in [5.74, 6) is 1.57. The quantitative estimate of drug-likeness (QED) is 0.926. The second-order valence-electron chi connectivity index (χ2n) is 5.49. The van der Waals surface area contributed by atoms with Gasteiger partial charge in [0.2, 0.25) is 11.8 Å². The summed E-state index contributed by atoms with van der Waals surface area (Å²) in [6, 6.07) is 7.78. The molecule has 2 aromatic rings. The van der Waals surface area contributed by atoms with E-state index in [-0.39, 0.29) is 11.8 Å². The molecule has 1 fully saturated rings. The molecule has 1 amide bonds. The third-order valence-electron chi connectivity index (χ3n) is 3.55. The van der Waals surface area contributed by atoms with Crippen molar-refractivity contribution in [1.29, 1.82) is 0 Å². The Morgan fingerprint density at radius 3 is 2.67 bits per heavy atom. The molecule has 3 rings (SSSR count). The van der Waals surface area contributed by atoms with Crippen molar-refractivity contribution in [1.82, 2.24) is 15.0 Å². The average molecular weight is 286 g/mol. The molecule has 1 N–H and O–H groups in total. The van der Waals surface area contributed by atoms with Gasteiger partial charge in [-0.3, -0.25) is 9.69 Å². The smallest absolute Gasteiger partial charge is 0.238 e. The molecule has 0 atom stereocenters. The molecule has 1 aliphatic rings. The van der Waals surface area contributed by atoms with Crippen molar-refractivity contribution >= 4 is 11.6 Å². The summed E-state index contributed by atoms with van der Waals surface area (Å²) >= 11 is 0. The number of hydrogen-bond donors (Lipinski definition) is 1. The summed E-state index contributed by atoms with van der Waals surface area (Å²) in [6.45, 7) is 5.77. The summed E-state index contributed by atoms with van der Waals surface area (Å²) in [6.07, 6.45) is 0. The molecule has 0 unspecified atom stereocenters. The standard InChI is InChI=1S/C15H18N4O2/c1-10-3-5-13(6-4-10)17-14(20)9-19-7-12(8-19)15-16-11(2)18-21-15/h3-6,12H,7-9H2,1-2H3,(H,17,20). The molecule has 0 bridgehead atoms. The van der Waals surface area contributed by atoms with E-state index in [9.17, 15) is 4.79 Å². The fraction of sp³-hybridized carbons (Fsp3) is 0.400. The molecule has 1 aromatic carbocycles. The van der Waals surface area contributed by atoms with E-state index in [2.05, 4.69) is 20.4 Å². The van der Waals surface area contributed by atoms with E-state index < -0.39 is 0 Å². The Morgan fingerprint density at radius 1 is 1.33 bits per heavy atom. The summed E-state index contributed by atoms with van der Waals surface area (Å²) in [7, 11) is 0. The van der Waals surface area contributed by atoms with Gasteiger partial charge in [0.25, 0.3) is 0 Å². The lowest BCUT2D eigenvalue weighted by atomic mass is 10.0. The van der Waals surface area contributed by atoms with Gasteiger partial charge < -0.3 is 9.84 Å². The first kappa shape index (κ1) is 13.8. The summed E-state index contributed by atoms with van der Waals surface area (Å²) < 4.78 is 5.14. The molecule has 0 aliphatic carbocycles. The first-order chi connectivity index (χ1) is 10.1. The number of anilines is 1. The number of benzene rings is 1. The minimum Gasteiger partial charge on any atom is -0.339 e. The molecule has 1 aliphatic heterocycles. The minimum absolute atomic E-state index is 0.000914. The van der Waals surface area contributed by atoms with Crippen molar-refractivity contribution in [3.8, 4) is 0 Å². The number of nitrogens with zero attached hydrogens (tertiary/aromatic N) is 3. The number of carbonyl (C=O) groups is 1. The van der Waals surface area contributed by atoms with Crippen LogP contribution in [0, 0.1) is 13.8 Å². The average Bonchev–Trinajstić information content (AvgIpc) is 2.82. The fourth-order valence-electron chi connectivity index (χ4n) is 2.37. The third-order valence-corrected chi connectivity index (χ3v) is 3.55. The van der Waals surface area contributed by atoms with Crippen molar-refractivity contribution in [3.63, 3.8) is 0 Å². The maximum absolute atomic E-state index is 11.9. The second-order valence-corrected chi connectivity index (χ2v) is 5.49. The van der Waals surface area contributed by atoms with Crippen LogP contribution < -0.4 is 5.32 Å². The molecule has 21 heavy (non-hydrogen) atoms. The lowest BCUT2D eigenvalue weighted by molar-refractivity contribution is -0.118. The fourth-order valence-corrected chi connectivity index (χ4v) is 2.37. The van der Waals surface area contributed by atoms with Crippen LogP contribution in [0.4, 0.5) is 5.69 Å². The van der Waals surface area contributed by atoms with E-state index in [0.29, 0.717) is 18.3 Å². The van der Waals surface area contributed by atoms with Gasteiger partial charge in [0.05, 0.1) is 12.5 Å². The van der Waals surface area contributed by atoms with Gasteiger partial charge in [0, 0.05) is 18.8 Å². The molecule has 110 valence electrons.